The number of carbonyl (C=O) groups excluding carboxylic acids is 1. The molecule has 2 saturated heterocycles. The Labute approximate surface area is 248 Å². The van der Waals surface area contributed by atoms with Crippen LogP contribution in [0.25, 0.3) is 0 Å². The van der Waals surface area contributed by atoms with Crippen molar-refractivity contribution < 1.29 is 9.53 Å². The van der Waals surface area contributed by atoms with Gasteiger partial charge in [-0.05, 0) is 71.4 Å². The van der Waals surface area contributed by atoms with Crippen LogP contribution in [0.4, 0.5) is 4.79 Å². The van der Waals surface area contributed by atoms with Crippen molar-refractivity contribution >= 4 is 6.09 Å². The number of piperazine rings is 2. The van der Waals surface area contributed by atoms with Gasteiger partial charge in [-0.2, -0.15) is 0 Å². The minimum atomic E-state index is -0.466. The highest BCUT2D eigenvalue weighted by molar-refractivity contribution is 5.69. The van der Waals surface area contributed by atoms with Crippen molar-refractivity contribution in [2.45, 2.75) is 115 Å². The Morgan fingerprint density at radius 1 is 0.756 bits per heavy atom. The lowest BCUT2D eigenvalue weighted by atomic mass is 9.88. The Kier molecular flexibility index (Phi) is 9.73. The van der Waals surface area contributed by atoms with Crippen molar-refractivity contribution in [3.8, 4) is 0 Å². The lowest BCUT2D eigenvalue weighted by Crippen LogP contribution is -2.59. The Balaban J connectivity index is 0.000000174. The van der Waals surface area contributed by atoms with E-state index >= 15 is 0 Å². The largest absolute Gasteiger partial charge is 0.444 e. The highest BCUT2D eigenvalue weighted by atomic mass is 16.6. The minimum absolute atomic E-state index is 0.0675. The predicted molar refractivity (Wildman–Crippen MR) is 167 cm³/mol. The van der Waals surface area contributed by atoms with E-state index in [0.717, 1.165) is 25.7 Å². The van der Waals surface area contributed by atoms with Crippen LogP contribution in [0.5, 0.6) is 0 Å². The van der Waals surface area contributed by atoms with E-state index < -0.39 is 5.60 Å². The van der Waals surface area contributed by atoms with E-state index in [4.69, 9.17) is 4.74 Å². The molecular weight excluding hydrogens is 508 g/mol. The number of hydrogen-bond acceptors (Lipinski definition) is 5. The van der Waals surface area contributed by atoms with Gasteiger partial charge in [-0.3, -0.25) is 14.7 Å². The Bertz CT molecular complexity index is 1090. The maximum Gasteiger partial charge on any atom is 0.410 e. The first-order chi connectivity index (χ1) is 19.7. The number of ether oxygens (including phenoxy) is 1. The molecule has 2 aliphatic heterocycles. The Morgan fingerprint density at radius 3 is 1.80 bits per heavy atom. The van der Waals surface area contributed by atoms with Gasteiger partial charge in [0.2, 0.25) is 0 Å². The molecule has 0 aromatic heterocycles. The first kappa shape index (κ1) is 30.1. The molecule has 6 nitrogen and oxygen atoms in total. The molecule has 2 aromatic carbocycles. The van der Waals surface area contributed by atoms with Crippen molar-refractivity contribution in [3.05, 3.63) is 71.8 Å². The first-order valence-corrected chi connectivity index (χ1v) is 16.0. The molecule has 2 saturated carbocycles. The minimum Gasteiger partial charge on any atom is -0.444 e. The van der Waals surface area contributed by atoms with Crippen LogP contribution in [0, 0.1) is 0 Å². The second-order valence-corrected chi connectivity index (χ2v) is 13.7. The number of amides is 1. The lowest BCUT2D eigenvalue weighted by Gasteiger charge is -2.50. The molecule has 6 heteroatoms. The molecule has 0 radical (unpaired) electrons. The number of nitrogens with one attached hydrogen (secondary N) is 1. The molecule has 2 aromatic rings. The summed E-state index contributed by atoms with van der Waals surface area (Å²) in [4.78, 5) is 20.0. The maximum absolute atomic E-state index is 12.8. The molecule has 1 N–H and O–H groups in total. The summed E-state index contributed by atoms with van der Waals surface area (Å²) in [6.45, 7) is 14.3. The highest BCUT2D eigenvalue weighted by Crippen LogP contribution is 2.35. The van der Waals surface area contributed by atoms with Gasteiger partial charge >= 0.3 is 6.09 Å². The Morgan fingerprint density at radius 2 is 1.29 bits per heavy atom. The van der Waals surface area contributed by atoms with Crippen molar-refractivity contribution in [2.75, 3.05) is 26.2 Å². The van der Waals surface area contributed by atoms with Gasteiger partial charge in [0.25, 0.3) is 0 Å². The number of hydrogen-bond donors (Lipinski definition) is 1. The smallest absolute Gasteiger partial charge is 0.410 e. The number of benzene rings is 2. The third-order valence-electron chi connectivity index (χ3n) is 9.51. The Hall–Kier alpha value is -2.41. The molecule has 1 amide bonds. The van der Waals surface area contributed by atoms with Gasteiger partial charge in [-0.15, -0.1) is 0 Å². The second-order valence-electron chi connectivity index (χ2n) is 13.7. The van der Waals surface area contributed by atoms with E-state index in [1.165, 1.54) is 56.2 Å². The van der Waals surface area contributed by atoms with Gasteiger partial charge < -0.3 is 10.1 Å². The van der Waals surface area contributed by atoms with Crippen molar-refractivity contribution in [1.29, 1.82) is 0 Å². The standard InChI is InChI=1S/C20H30N2O2.C15H22N2/c1-15-13-22(19(23)24-20(2,3)4)18(16-9-6-5-7-10-16)14-21(15)17-11-8-12-17;1-12-10-16-15(13-6-3-2-4-7-13)11-17(12)14-8-5-9-14/h5-7,9-10,15,17-18H,8,11-14H2,1-4H3;2-4,6-7,12,14-16H,5,8-11H2,1H3/t15-,18-;12-,15-/m11/s1. The highest BCUT2D eigenvalue weighted by Gasteiger charge is 2.41. The molecule has 0 bridgehead atoms. The molecule has 0 unspecified atom stereocenters. The van der Waals surface area contributed by atoms with E-state index in [2.05, 4.69) is 71.4 Å². The first-order valence-electron chi connectivity index (χ1n) is 16.0. The monoisotopic (exact) mass is 560 g/mol. The molecule has 4 aliphatic rings. The summed E-state index contributed by atoms with van der Waals surface area (Å²) < 4.78 is 5.68. The second kappa shape index (κ2) is 13.3. The summed E-state index contributed by atoms with van der Waals surface area (Å²) in [5, 5.41) is 3.68. The SMILES string of the molecule is C[C@@H]1CN(C(=O)OC(C)(C)C)[C@@H](c2ccccc2)CN1C1CCC1.C[C@@H]1CN[C@@H](c2ccccc2)CN1C1CCC1. The van der Waals surface area contributed by atoms with Gasteiger partial charge in [0.05, 0.1) is 6.04 Å². The van der Waals surface area contributed by atoms with E-state index in [-0.39, 0.29) is 12.1 Å². The number of nitrogens with zero attached hydrogens (tertiary/aromatic N) is 3. The summed E-state index contributed by atoms with van der Waals surface area (Å²) in [6, 6.07) is 24.4. The van der Waals surface area contributed by atoms with Crippen molar-refractivity contribution in [2.24, 2.45) is 0 Å². The zero-order valence-electron chi connectivity index (χ0n) is 26.0. The number of rotatable bonds is 4. The van der Waals surface area contributed by atoms with Crippen molar-refractivity contribution in [3.63, 3.8) is 0 Å². The maximum atomic E-state index is 12.8. The third kappa shape index (κ3) is 7.52. The normalized spacial score (nSPS) is 28.2. The third-order valence-corrected chi connectivity index (χ3v) is 9.51. The van der Waals surface area contributed by atoms with E-state index in [1.807, 2.05) is 43.9 Å². The number of carbonyl (C=O) groups is 1. The van der Waals surface area contributed by atoms with Crippen LogP contribution >= 0.6 is 0 Å². The summed E-state index contributed by atoms with van der Waals surface area (Å²) in [5.41, 5.74) is 2.16. The van der Waals surface area contributed by atoms with Crippen LogP contribution in [0.2, 0.25) is 0 Å². The summed E-state index contributed by atoms with van der Waals surface area (Å²) in [7, 11) is 0. The fourth-order valence-electron chi connectivity index (χ4n) is 6.73. The quantitative estimate of drug-likeness (QED) is 0.446. The lowest BCUT2D eigenvalue weighted by molar-refractivity contribution is -0.0345. The van der Waals surface area contributed by atoms with E-state index in [0.29, 0.717) is 24.2 Å². The van der Waals surface area contributed by atoms with Crippen LogP contribution < -0.4 is 5.32 Å². The molecular formula is C35H52N4O2. The molecule has 224 valence electrons. The molecule has 2 aliphatic carbocycles. The predicted octanol–water partition coefficient (Wildman–Crippen LogP) is 6.80. The molecule has 6 rings (SSSR count). The van der Waals surface area contributed by atoms with Gasteiger partial charge in [0, 0.05) is 56.4 Å². The summed E-state index contributed by atoms with van der Waals surface area (Å²) in [6.07, 6.45) is 7.96. The zero-order chi connectivity index (χ0) is 29.0. The van der Waals surface area contributed by atoms with Gasteiger partial charge in [0.15, 0.2) is 0 Å². The van der Waals surface area contributed by atoms with Gasteiger partial charge in [0.1, 0.15) is 5.60 Å². The summed E-state index contributed by atoms with van der Waals surface area (Å²) in [5.74, 6) is 0. The van der Waals surface area contributed by atoms with Gasteiger partial charge in [-0.1, -0.05) is 73.5 Å². The van der Waals surface area contributed by atoms with Crippen LogP contribution in [-0.2, 0) is 4.74 Å². The van der Waals surface area contributed by atoms with Gasteiger partial charge in [-0.25, -0.2) is 4.79 Å². The summed E-state index contributed by atoms with van der Waals surface area (Å²) >= 11 is 0. The average Bonchev–Trinajstić information content (AvgIpc) is 2.89. The average molecular weight is 561 g/mol. The van der Waals surface area contributed by atoms with Crippen LogP contribution in [0.3, 0.4) is 0 Å². The van der Waals surface area contributed by atoms with E-state index in [9.17, 15) is 4.79 Å². The van der Waals surface area contributed by atoms with Crippen LogP contribution in [0.1, 0.15) is 96.4 Å². The molecule has 2 heterocycles. The fourth-order valence-corrected chi connectivity index (χ4v) is 6.73. The van der Waals surface area contributed by atoms with Crippen LogP contribution in [0.15, 0.2) is 60.7 Å². The molecule has 4 atom stereocenters. The zero-order valence-corrected chi connectivity index (χ0v) is 26.0. The fraction of sp³-hybridized carbons (Fsp3) is 0.629. The topological polar surface area (TPSA) is 48.1 Å². The molecule has 41 heavy (non-hydrogen) atoms. The molecule has 0 spiro atoms. The van der Waals surface area contributed by atoms with E-state index in [1.54, 1.807) is 0 Å². The van der Waals surface area contributed by atoms with Crippen molar-refractivity contribution in [1.82, 2.24) is 20.0 Å². The molecule has 4 fully saturated rings. The van der Waals surface area contributed by atoms with Crippen LogP contribution in [-0.4, -0.2) is 76.7 Å².